The molecule has 1 heterocycles. The lowest BCUT2D eigenvalue weighted by atomic mass is 10.2. The Morgan fingerprint density at radius 2 is 1.69 bits per heavy atom. The van der Waals surface area contributed by atoms with Gasteiger partial charge in [0.05, 0.1) is 17.3 Å². The van der Waals surface area contributed by atoms with Crippen molar-refractivity contribution >= 4 is 44.4 Å². The minimum atomic E-state index is -3.34. The first-order valence-electron chi connectivity index (χ1n) is 9.58. The molecule has 0 bridgehead atoms. The lowest BCUT2D eigenvalue weighted by molar-refractivity contribution is -0.111. The van der Waals surface area contributed by atoms with E-state index in [0.717, 1.165) is 28.4 Å². The summed E-state index contributed by atoms with van der Waals surface area (Å²) in [7, 11) is -3.34. The van der Waals surface area contributed by atoms with Crippen LogP contribution in [-0.2, 0) is 14.8 Å². The number of hydrogen-bond donors (Lipinski definition) is 3. The number of carbonyl (C=O) groups is 1. The molecule has 9 heteroatoms. The van der Waals surface area contributed by atoms with Crippen molar-refractivity contribution in [3.63, 3.8) is 0 Å². The number of carbonyl (C=O) groups excluding carboxylic acids is 1. The quantitative estimate of drug-likeness (QED) is 0.379. The van der Waals surface area contributed by atoms with Crippen LogP contribution in [0.5, 0.6) is 0 Å². The number of benzene rings is 3. The van der Waals surface area contributed by atoms with Crippen LogP contribution in [0.15, 0.2) is 72.8 Å². The van der Waals surface area contributed by atoms with Gasteiger partial charge < -0.3 is 10.3 Å². The van der Waals surface area contributed by atoms with Crippen molar-refractivity contribution in [1.29, 1.82) is 0 Å². The number of halogens is 1. The number of fused-ring (bicyclic) bond motifs is 1. The second-order valence-electron chi connectivity index (χ2n) is 7.14. The van der Waals surface area contributed by atoms with Gasteiger partial charge in [-0.1, -0.05) is 12.1 Å². The highest BCUT2D eigenvalue weighted by atomic mass is 32.2. The van der Waals surface area contributed by atoms with Gasteiger partial charge in [-0.15, -0.1) is 0 Å². The minimum Gasteiger partial charge on any atom is -0.338 e. The SMILES string of the molecule is CS(=O)(=O)Nc1ccc(C=CC(=O)Nc2ccc3nc(-c4ccc(F)cc4)[nH]c3c2)cc1. The number of anilines is 2. The fraction of sp³-hybridized carbons (Fsp3) is 0.0435. The van der Waals surface area contributed by atoms with Crippen LogP contribution in [0.2, 0.25) is 0 Å². The Labute approximate surface area is 184 Å². The van der Waals surface area contributed by atoms with Crippen LogP contribution >= 0.6 is 0 Å². The van der Waals surface area contributed by atoms with Crippen molar-refractivity contribution < 1.29 is 17.6 Å². The van der Waals surface area contributed by atoms with Crippen molar-refractivity contribution in [2.45, 2.75) is 0 Å². The van der Waals surface area contributed by atoms with Crippen LogP contribution in [-0.4, -0.2) is 30.5 Å². The van der Waals surface area contributed by atoms with Gasteiger partial charge >= 0.3 is 0 Å². The number of H-pyrrole nitrogens is 1. The van der Waals surface area contributed by atoms with Crippen LogP contribution in [0.25, 0.3) is 28.5 Å². The van der Waals surface area contributed by atoms with Gasteiger partial charge in [-0.05, 0) is 66.2 Å². The maximum Gasteiger partial charge on any atom is 0.248 e. The predicted octanol–water partition coefficient (Wildman–Crippen LogP) is 4.39. The summed E-state index contributed by atoms with van der Waals surface area (Å²) in [5.41, 5.74) is 4.00. The van der Waals surface area contributed by atoms with E-state index < -0.39 is 10.0 Å². The van der Waals surface area contributed by atoms with Crippen molar-refractivity contribution in [1.82, 2.24) is 9.97 Å². The summed E-state index contributed by atoms with van der Waals surface area (Å²) in [5, 5.41) is 2.79. The average molecular weight is 450 g/mol. The molecular formula is C23H19FN4O3S. The molecule has 0 radical (unpaired) electrons. The van der Waals surface area contributed by atoms with Crippen LogP contribution in [0.3, 0.4) is 0 Å². The zero-order chi connectivity index (χ0) is 22.7. The summed E-state index contributed by atoms with van der Waals surface area (Å²) < 4.78 is 38.0. The summed E-state index contributed by atoms with van der Waals surface area (Å²) >= 11 is 0. The molecular weight excluding hydrogens is 431 g/mol. The molecule has 0 aliphatic heterocycles. The van der Waals surface area contributed by atoms with Crippen molar-refractivity contribution in [2.75, 3.05) is 16.3 Å². The van der Waals surface area contributed by atoms with Crippen molar-refractivity contribution in [3.8, 4) is 11.4 Å². The van der Waals surface area contributed by atoms with Gasteiger partial charge in [0, 0.05) is 23.0 Å². The van der Waals surface area contributed by atoms with Crippen LogP contribution in [0, 0.1) is 5.82 Å². The highest BCUT2D eigenvalue weighted by Crippen LogP contribution is 2.23. The van der Waals surface area contributed by atoms with E-state index in [1.165, 1.54) is 18.2 Å². The first kappa shape index (κ1) is 21.3. The van der Waals surface area contributed by atoms with E-state index in [0.29, 0.717) is 17.2 Å². The number of nitrogens with one attached hydrogen (secondary N) is 3. The molecule has 0 saturated carbocycles. The van der Waals surface area contributed by atoms with E-state index >= 15 is 0 Å². The van der Waals surface area contributed by atoms with E-state index in [2.05, 4.69) is 20.0 Å². The van der Waals surface area contributed by atoms with Gasteiger partial charge in [0.2, 0.25) is 15.9 Å². The third kappa shape index (κ3) is 5.38. The van der Waals surface area contributed by atoms with Crippen LogP contribution in [0.4, 0.5) is 15.8 Å². The molecule has 0 saturated heterocycles. The monoisotopic (exact) mass is 450 g/mol. The molecule has 3 N–H and O–H groups in total. The second kappa shape index (κ2) is 8.64. The molecule has 7 nitrogen and oxygen atoms in total. The summed E-state index contributed by atoms with van der Waals surface area (Å²) in [4.78, 5) is 19.9. The number of sulfonamides is 1. The van der Waals surface area contributed by atoms with E-state index in [9.17, 15) is 17.6 Å². The van der Waals surface area contributed by atoms with Crippen molar-refractivity contribution in [3.05, 3.63) is 84.2 Å². The predicted molar refractivity (Wildman–Crippen MR) is 124 cm³/mol. The summed E-state index contributed by atoms with van der Waals surface area (Å²) in [6, 6.07) is 18.0. The van der Waals surface area contributed by atoms with Gasteiger partial charge in [0.1, 0.15) is 11.6 Å². The number of aromatic nitrogens is 2. The van der Waals surface area contributed by atoms with Gasteiger partial charge in [0.15, 0.2) is 0 Å². The van der Waals surface area contributed by atoms with Gasteiger partial charge in [-0.25, -0.2) is 17.8 Å². The summed E-state index contributed by atoms with van der Waals surface area (Å²) in [6.45, 7) is 0. The average Bonchev–Trinajstić information content (AvgIpc) is 3.16. The van der Waals surface area contributed by atoms with Gasteiger partial charge in [-0.3, -0.25) is 9.52 Å². The van der Waals surface area contributed by atoms with E-state index in [1.54, 1.807) is 60.7 Å². The first-order chi connectivity index (χ1) is 15.2. The molecule has 0 spiro atoms. The van der Waals surface area contributed by atoms with E-state index in [-0.39, 0.29) is 11.7 Å². The molecule has 1 aromatic heterocycles. The fourth-order valence-electron chi connectivity index (χ4n) is 3.06. The number of amides is 1. The minimum absolute atomic E-state index is 0.315. The molecule has 0 aliphatic rings. The lowest BCUT2D eigenvalue weighted by Crippen LogP contribution is -2.09. The van der Waals surface area contributed by atoms with Gasteiger partial charge in [-0.2, -0.15) is 0 Å². The lowest BCUT2D eigenvalue weighted by Gasteiger charge is -2.04. The molecule has 4 aromatic rings. The maximum atomic E-state index is 13.1. The Morgan fingerprint density at radius 3 is 2.38 bits per heavy atom. The Hall–Kier alpha value is -3.98. The van der Waals surface area contributed by atoms with Crippen LogP contribution < -0.4 is 10.0 Å². The first-order valence-corrected chi connectivity index (χ1v) is 11.5. The normalized spacial score (nSPS) is 11.7. The zero-order valence-electron chi connectivity index (χ0n) is 17.0. The van der Waals surface area contributed by atoms with E-state index in [4.69, 9.17) is 0 Å². The Bertz CT molecular complexity index is 1410. The number of rotatable bonds is 6. The Balaban J connectivity index is 1.43. The molecule has 1 amide bonds. The summed E-state index contributed by atoms with van der Waals surface area (Å²) in [6.07, 6.45) is 4.09. The third-order valence-corrected chi connectivity index (χ3v) is 5.11. The molecule has 32 heavy (non-hydrogen) atoms. The molecule has 0 fully saturated rings. The molecule has 0 aliphatic carbocycles. The molecule has 4 rings (SSSR count). The van der Waals surface area contributed by atoms with Crippen molar-refractivity contribution in [2.24, 2.45) is 0 Å². The molecule has 0 atom stereocenters. The Morgan fingerprint density at radius 1 is 1.00 bits per heavy atom. The van der Waals surface area contributed by atoms with Gasteiger partial charge in [0.25, 0.3) is 0 Å². The number of imidazole rings is 1. The summed E-state index contributed by atoms with van der Waals surface area (Å²) in [5.74, 6) is -0.0254. The molecule has 3 aromatic carbocycles. The highest BCUT2D eigenvalue weighted by Gasteiger charge is 2.07. The fourth-order valence-corrected chi connectivity index (χ4v) is 3.63. The standard InChI is InChI=1S/C23H19FN4O3S/c1-32(30,31)28-18-9-2-15(3-10-18)4-13-22(29)25-19-11-12-20-21(14-19)27-23(26-20)16-5-7-17(24)8-6-16/h2-14,28H,1H3,(H,25,29)(H,26,27). The number of nitrogens with zero attached hydrogens (tertiary/aromatic N) is 1. The largest absolute Gasteiger partial charge is 0.338 e. The third-order valence-electron chi connectivity index (χ3n) is 4.51. The number of aromatic amines is 1. The highest BCUT2D eigenvalue weighted by molar-refractivity contribution is 7.92. The molecule has 162 valence electrons. The Kier molecular flexibility index (Phi) is 5.74. The number of hydrogen-bond acceptors (Lipinski definition) is 4. The zero-order valence-corrected chi connectivity index (χ0v) is 17.8. The van der Waals surface area contributed by atoms with Crippen LogP contribution in [0.1, 0.15) is 5.56 Å². The maximum absolute atomic E-state index is 13.1. The molecule has 0 unspecified atom stereocenters. The second-order valence-corrected chi connectivity index (χ2v) is 8.89. The van der Waals surface area contributed by atoms with E-state index in [1.807, 2.05) is 0 Å². The topological polar surface area (TPSA) is 104 Å². The smallest absolute Gasteiger partial charge is 0.248 e.